The van der Waals surface area contributed by atoms with Gasteiger partial charge in [0.15, 0.2) is 0 Å². The number of aryl methyl sites for hydroxylation is 2. The van der Waals surface area contributed by atoms with Crippen LogP contribution < -0.4 is 10.6 Å². The first-order chi connectivity index (χ1) is 11.5. The van der Waals surface area contributed by atoms with Gasteiger partial charge in [-0.25, -0.2) is 4.79 Å². The molecule has 2 aliphatic rings. The van der Waals surface area contributed by atoms with Gasteiger partial charge in [-0.1, -0.05) is 6.92 Å². The summed E-state index contributed by atoms with van der Waals surface area (Å²) in [5, 5.41) is 10.8. The topological polar surface area (TPSA) is 68.2 Å². The summed E-state index contributed by atoms with van der Waals surface area (Å²) in [6.07, 6.45) is 5.57. The zero-order valence-electron chi connectivity index (χ0n) is 15.3. The molecule has 4 atom stereocenters. The van der Waals surface area contributed by atoms with Crippen LogP contribution in [-0.4, -0.2) is 34.6 Å². The minimum absolute atomic E-state index is 0.00193. The second kappa shape index (κ2) is 7.13. The summed E-state index contributed by atoms with van der Waals surface area (Å²) in [6, 6.07) is 0.166. The summed E-state index contributed by atoms with van der Waals surface area (Å²) in [6.45, 7) is 6.99. The predicted molar refractivity (Wildman–Crippen MR) is 92.9 cm³/mol. The summed E-state index contributed by atoms with van der Waals surface area (Å²) in [7, 11) is 1.95. The fraction of sp³-hybridized carbons (Fsp3) is 0.778. The highest BCUT2D eigenvalue weighted by molar-refractivity contribution is 5.75. The highest BCUT2D eigenvalue weighted by Crippen LogP contribution is 2.34. The number of hydrogen-bond acceptors (Lipinski definition) is 3. The smallest absolute Gasteiger partial charge is 0.315 e. The fourth-order valence-electron chi connectivity index (χ4n) is 4.40. The molecule has 3 rings (SSSR count). The maximum absolute atomic E-state index is 12.6. The molecule has 0 spiro atoms. The third-order valence-electron chi connectivity index (χ3n) is 5.72. The molecule has 2 heterocycles. The minimum atomic E-state index is -0.0675. The Balaban J connectivity index is 1.64. The van der Waals surface area contributed by atoms with E-state index in [0.717, 1.165) is 55.7 Å². The molecule has 2 fully saturated rings. The second-order valence-corrected chi connectivity index (χ2v) is 7.19. The van der Waals surface area contributed by atoms with E-state index in [1.165, 1.54) is 0 Å². The molecule has 1 aliphatic carbocycles. The van der Waals surface area contributed by atoms with Crippen LogP contribution in [-0.2, 0) is 11.8 Å². The van der Waals surface area contributed by atoms with Gasteiger partial charge in [0, 0.05) is 36.9 Å². The van der Waals surface area contributed by atoms with E-state index in [0.29, 0.717) is 12.0 Å². The maximum Gasteiger partial charge on any atom is 0.315 e. The van der Waals surface area contributed by atoms with Crippen molar-refractivity contribution in [1.29, 1.82) is 0 Å². The van der Waals surface area contributed by atoms with Crippen molar-refractivity contribution in [2.24, 2.45) is 13.0 Å². The molecule has 1 aromatic heterocycles. The molecule has 2 amide bonds. The van der Waals surface area contributed by atoms with Crippen molar-refractivity contribution in [2.75, 3.05) is 6.61 Å². The Bertz CT molecular complexity index is 598. The zero-order valence-corrected chi connectivity index (χ0v) is 15.3. The van der Waals surface area contributed by atoms with Crippen molar-refractivity contribution in [3.8, 4) is 0 Å². The van der Waals surface area contributed by atoms with Gasteiger partial charge in [0.2, 0.25) is 0 Å². The Hall–Kier alpha value is -1.56. The van der Waals surface area contributed by atoms with Crippen molar-refractivity contribution < 1.29 is 9.53 Å². The number of nitrogens with zero attached hydrogens (tertiary/aromatic N) is 2. The average Bonchev–Trinajstić information content (AvgIpc) is 3.12. The molecule has 6 heteroatoms. The Labute approximate surface area is 144 Å². The lowest BCUT2D eigenvalue weighted by Gasteiger charge is -2.33. The van der Waals surface area contributed by atoms with Crippen LogP contribution >= 0.6 is 0 Å². The van der Waals surface area contributed by atoms with Crippen LogP contribution in [0.3, 0.4) is 0 Å². The van der Waals surface area contributed by atoms with E-state index in [2.05, 4.69) is 29.6 Å². The van der Waals surface area contributed by atoms with Gasteiger partial charge in [-0.2, -0.15) is 5.10 Å². The van der Waals surface area contributed by atoms with Crippen LogP contribution in [0.15, 0.2) is 0 Å². The number of nitrogens with one attached hydrogen (secondary N) is 2. The van der Waals surface area contributed by atoms with Crippen molar-refractivity contribution in [1.82, 2.24) is 20.4 Å². The van der Waals surface area contributed by atoms with E-state index in [1.54, 1.807) is 0 Å². The Kier molecular flexibility index (Phi) is 5.13. The van der Waals surface area contributed by atoms with Crippen LogP contribution in [0.5, 0.6) is 0 Å². The molecule has 1 aromatic rings. The zero-order chi connectivity index (χ0) is 17.3. The molecule has 0 radical (unpaired) electrons. The molecular weight excluding hydrogens is 304 g/mol. The normalized spacial score (nSPS) is 27.6. The molecule has 0 unspecified atom stereocenters. The van der Waals surface area contributed by atoms with Gasteiger partial charge in [0.1, 0.15) is 0 Å². The van der Waals surface area contributed by atoms with Crippen molar-refractivity contribution >= 4 is 6.03 Å². The molecule has 1 saturated heterocycles. The third kappa shape index (κ3) is 3.29. The molecule has 24 heavy (non-hydrogen) atoms. The highest BCUT2D eigenvalue weighted by Gasteiger charge is 2.38. The van der Waals surface area contributed by atoms with Gasteiger partial charge in [0.25, 0.3) is 0 Å². The number of amides is 2. The SMILES string of the molecule is CC[C@H](NC(=O)N[C@@H]1CCC[C@H]2OCC[C@H]12)c1c(C)nn(C)c1C. The lowest BCUT2D eigenvalue weighted by Crippen LogP contribution is -2.49. The third-order valence-corrected chi connectivity index (χ3v) is 5.72. The average molecular weight is 334 g/mol. The summed E-state index contributed by atoms with van der Waals surface area (Å²) in [5.41, 5.74) is 3.24. The minimum Gasteiger partial charge on any atom is -0.378 e. The first-order valence-corrected chi connectivity index (χ1v) is 9.20. The van der Waals surface area contributed by atoms with Gasteiger partial charge < -0.3 is 15.4 Å². The largest absolute Gasteiger partial charge is 0.378 e. The summed E-state index contributed by atoms with van der Waals surface area (Å²) in [5.74, 6) is 0.478. The monoisotopic (exact) mass is 334 g/mol. The number of carbonyl (C=O) groups is 1. The maximum atomic E-state index is 12.6. The van der Waals surface area contributed by atoms with Gasteiger partial charge in [-0.05, 0) is 46.0 Å². The van der Waals surface area contributed by atoms with E-state index in [9.17, 15) is 4.79 Å². The Morgan fingerprint density at radius 2 is 2.17 bits per heavy atom. The first-order valence-electron chi connectivity index (χ1n) is 9.20. The van der Waals surface area contributed by atoms with E-state index in [1.807, 2.05) is 18.7 Å². The number of hydrogen-bond donors (Lipinski definition) is 2. The highest BCUT2D eigenvalue weighted by atomic mass is 16.5. The van der Waals surface area contributed by atoms with E-state index >= 15 is 0 Å². The number of urea groups is 1. The van der Waals surface area contributed by atoms with E-state index in [4.69, 9.17) is 4.74 Å². The van der Waals surface area contributed by atoms with Gasteiger partial charge >= 0.3 is 6.03 Å². The summed E-state index contributed by atoms with van der Waals surface area (Å²) in [4.78, 5) is 12.6. The molecule has 1 aliphatic heterocycles. The Morgan fingerprint density at radius 3 is 2.83 bits per heavy atom. The molecule has 0 aromatic carbocycles. The summed E-state index contributed by atoms with van der Waals surface area (Å²) < 4.78 is 7.68. The van der Waals surface area contributed by atoms with Gasteiger partial charge in [0.05, 0.1) is 17.8 Å². The molecular formula is C18H30N4O2. The first kappa shape index (κ1) is 17.3. The molecule has 6 nitrogen and oxygen atoms in total. The van der Waals surface area contributed by atoms with Crippen LogP contribution in [0.25, 0.3) is 0 Å². The lowest BCUT2D eigenvalue weighted by molar-refractivity contribution is 0.0548. The standard InChI is InChI=1S/C18H30N4O2/c1-5-14(17-11(2)21-22(4)12(17)3)19-18(23)20-15-7-6-8-16-13(15)9-10-24-16/h13-16H,5-10H2,1-4H3,(H2,19,20,23)/t13-,14+,15-,16-/m1/s1. The number of rotatable bonds is 4. The quantitative estimate of drug-likeness (QED) is 0.889. The van der Waals surface area contributed by atoms with E-state index < -0.39 is 0 Å². The van der Waals surface area contributed by atoms with Crippen molar-refractivity contribution in [3.63, 3.8) is 0 Å². The van der Waals surface area contributed by atoms with Crippen LogP contribution in [0.4, 0.5) is 4.79 Å². The predicted octanol–water partition coefficient (Wildman–Crippen LogP) is 2.74. The van der Waals surface area contributed by atoms with Crippen molar-refractivity contribution in [3.05, 3.63) is 17.0 Å². The van der Waals surface area contributed by atoms with Gasteiger partial charge in [-0.15, -0.1) is 0 Å². The number of carbonyl (C=O) groups excluding carboxylic acids is 1. The fourth-order valence-corrected chi connectivity index (χ4v) is 4.40. The number of ether oxygens (including phenoxy) is 1. The second-order valence-electron chi connectivity index (χ2n) is 7.19. The molecule has 0 bridgehead atoms. The van der Waals surface area contributed by atoms with Crippen molar-refractivity contribution in [2.45, 2.75) is 71.1 Å². The van der Waals surface area contributed by atoms with E-state index in [-0.39, 0.29) is 18.1 Å². The molecule has 1 saturated carbocycles. The molecule has 134 valence electrons. The summed E-state index contributed by atoms with van der Waals surface area (Å²) >= 11 is 0. The number of fused-ring (bicyclic) bond motifs is 1. The lowest BCUT2D eigenvalue weighted by atomic mass is 9.82. The van der Waals surface area contributed by atoms with Crippen LogP contribution in [0, 0.1) is 19.8 Å². The Morgan fingerprint density at radius 1 is 1.38 bits per heavy atom. The van der Waals surface area contributed by atoms with Crippen LogP contribution in [0.2, 0.25) is 0 Å². The van der Waals surface area contributed by atoms with Gasteiger partial charge in [-0.3, -0.25) is 4.68 Å². The number of aromatic nitrogens is 2. The van der Waals surface area contributed by atoms with Crippen LogP contribution in [0.1, 0.15) is 62.0 Å². The molecule has 2 N–H and O–H groups in total.